The number of fused-ring (bicyclic) bond motifs is 6. The summed E-state index contributed by atoms with van der Waals surface area (Å²) in [6.45, 7) is 0. The van der Waals surface area contributed by atoms with Gasteiger partial charge in [0.25, 0.3) is 0 Å². The summed E-state index contributed by atoms with van der Waals surface area (Å²) in [5.41, 5.74) is 14.4. The summed E-state index contributed by atoms with van der Waals surface area (Å²) >= 11 is 0. The van der Waals surface area contributed by atoms with Crippen LogP contribution in [-0.2, 0) is 0 Å². The highest BCUT2D eigenvalue weighted by atomic mass is 15.1. The van der Waals surface area contributed by atoms with Gasteiger partial charge in [-0.15, -0.1) is 0 Å². The summed E-state index contributed by atoms with van der Waals surface area (Å²) in [6.07, 6.45) is 6.63. The molecule has 0 bridgehead atoms. The van der Waals surface area contributed by atoms with Crippen molar-refractivity contribution >= 4 is 38.9 Å². The van der Waals surface area contributed by atoms with E-state index in [2.05, 4.69) is 149 Å². The SMILES string of the molecule is c1ccc(N(c2ccccc2)c2ccc3c(c2)C(C2CCCCC2)c2cc(-c4cccc5c4[nH]c4ccccc45)ccc2-3)cc1. The molecule has 0 saturated heterocycles. The Labute approximate surface area is 265 Å². The summed E-state index contributed by atoms with van der Waals surface area (Å²) < 4.78 is 0. The number of nitrogens with one attached hydrogen (secondary N) is 1. The lowest BCUT2D eigenvalue weighted by molar-refractivity contribution is 0.330. The maximum Gasteiger partial charge on any atom is 0.0544 e. The van der Waals surface area contributed by atoms with E-state index in [-0.39, 0.29) is 0 Å². The normalized spacial score (nSPS) is 16.1. The first-order valence-electron chi connectivity index (χ1n) is 16.5. The van der Waals surface area contributed by atoms with Gasteiger partial charge < -0.3 is 9.88 Å². The molecule has 2 aliphatic carbocycles. The standard InChI is InChI=1S/C43H36N2/c1-4-13-29(14-5-1)42-39-27-30(34-20-12-21-38-37-19-10-11-22-41(37)44-43(34)38)23-25-35(39)36-26-24-33(28-40(36)42)45(31-15-6-2-7-16-31)32-17-8-3-9-18-32/h2-3,6-12,15-29,42,44H,1,4-5,13-14H2. The highest BCUT2D eigenvalue weighted by Crippen LogP contribution is 2.54. The Morgan fingerprint density at radius 2 is 1.13 bits per heavy atom. The van der Waals surface area contributed by atoms with Gasteiger partial charge in [0.05, 0.1) is 5.52 Å². The van der Waals surface area contributed by atoms with Crippen molar-refractivity contribution in [2.75, 3.05) is 4.90 Å². The summed E-state index contributed by atoms with van der Waals surface area (Å²) in [5.74, 6) is 1.07. The molecule has 45 heavy (non-hydrogen) atoms. The maximum atomic E-state index is 3.75. The van der Waals surface area contributed by atoms with E-state index in [1.165, 1.54) is 104 Å². The second-order valence-corrected chi connectivity index (χ2v) is 12.9. The van der Waals surface area contributed by atoms with Gasteiger partial charge in [-0.25, -0.2) is 0 Å². The van der Waals surface area contributed by atoms with Gasteiger partial charge in [0.15, 0.2) is 0 Å². The van der Waals surface area contributed by atoms with Crippen LogP contribution in [0.2, 0.25) is 0 Å². The molecule has 1 atom stereocenters. The molecule has 2 nitrogen and oxygen atoms in total. The molecule has 0 spiro atoms. The number of para-hydroxylation sites is 4. The quantitative estimate of drug-likeness (QED) is 0.215. The van der Waals surface area contributed by atoms with Crippen molar-refractivity contribution in [3.8, 4) is 22.3 Å². The molecule has 1 heterocycles. The molecule has 9 rings (SSSR count). The van der Waals surface area contributed by atoms with Crippen molar-refractivity contribution in [1.82, 2.24) is 4.98 Å². The van der Waals surface area contributed by atoms with Crippen LogP contribution in [0, 0.1) is 5.92 Å². The lowest BCUT2D eigenvalue weighted by Crippen LogP contribution is -2.16. The van der Waals surface area contributed by atoms with Crippen molar-refractivity contribution in [2.45, 2.75) is 38.0 Å². The summed E-state index contributed by atoms with van der Waals surface area (Å²) in [7, 11) is 0. The summed E-state index contributed by atoms with van der Waals surface area (Å²) in [4.78, 5) is 6.16. The van der Waals surface area contributed by atoms with Crippen LogP contribution in [0.1, 0.15) is 49.1 Å². The fraction of sp³-hybridized carbons (Fsp3) is 0.163. The first kappa shape index (κ1) is 26.3. The van der Waals surface area contributed by atoms with E-state index in [4.69, 9.17) is 0 Å². The van der Waals surface area contributed by atoms with Gasteiger partial charge in [-0.3, -0.25) is 0 Å². The number of hydrogen-bond acceptors (Lipinski definition) is 1. The molecule has 1 unspecified atom stereocenters. The second kappa shape index (κ2) is 10.8. The van der Waals surface area contributed by atoms with Gasteiger partial charge >= 0.3 is 0 Å². The van der Waals surface area contributed by atoms with Crippen molar-refractivity contribution in [3.05, 3.63) is 151 Å². The molecular formula is C43H36N2. The Hall–Kier alpha value is -5.08. The predicted octanol–water partition coefficient (Wildman–Crippen LogP) is 12.2. The Morgan fingerprint density at radius 1 is 0.489 bits per heavy atom. The second-order valence-electron chi connectivity index (χ2n) is 12.9. The van der Waals surface area contributed by atoms with Crippen molar-refractivity contribution in [3.63, 3.8) is 0 Å². The van der Waals surface area contributed by atoms with Gasteiger partial charge in [0.1, 0.15) is 0 Å². The minimum absolute atomic E-state index is 0.408. The molecule has 1 fully saturated rings. The molecule has 2 aliphatic rings. The third-order valence-electron chi connectivity index (χ3n) is 10.3. The molecule has 1 N–H and O–H groups in total. The van der Waals surface area contributed by atoms with Crippen LogP contribution in [0.15, 0.2) is 140 Å². The Balaban J connectivity index is 1.20. The molecule has 0 radical (unpaired) electrons. The molecule has 6 aromatic carbocycles. The van der Waals surface area contributed by atoms with Crippen LogP contribution in [0.5, 0.6) is 0 Å². The number of H-pyrrole nitrogens is 1. The van der Waals surface area contributed by atoms with E-state index in [1.807, 2.05) is 0 Å². The number of benzene rings is 6. The predicted molar refractivity (Wildman–Crippen MR) is 190 cm³/mol. The van der Waals surface area contributed by atoms with Gasteiger partial charge in [0.2, 0.25) is 0 Å². The van der Waals surface area contributed by atoms with E-state index in [9.17, 15) is 0 Å². The minimum Gasteiger partial charge on any atom is -0.354 e. The molecule has 1 aromatic heterocycles. The molecule has 0 amide bonds. The lowest BCUT2D eigenvalue weighted by Gasteiger charge is -2.30. The van der Waals surface area contributed by atoms with E-state index in [1.54, 1.807) is 0 Å². The largest absolute Gasteiger partial charge is 0.354 e. The molecule has 1 saturated carbocycles. The third kappa shape index (κ3) is 4.39. The van der Waals surface area contributed by atoms with Crippen molar-refractivity contribution in [1.29, 1.82) is 0 Å². The van der Waals surface area contributed by atoms with Crippen LogP contribution >= 0.6 is 0 Å². The zero-order chi connectivity index (χ0) is 29.7. The van der Waals surface area contributed by atoms with Crippen LogP contribution in [0.3, 0.4) is 0 Å². The first-order chi connectivity index (χ1) is 22.3. The molecule has 218 valence electrons. The molecule has 2 heteroatoms. The van der Waals surface area contributed by atoms with Gasteiger partial charge in [0, 0.05) is 44.8 Å². The maximum absolute atomic E-state index is 3.75. The van der Waals surface area contributed by atoms with Crippen LogP contribution in [-0.4, -0.2) is 4.98 Å². The minimum atomic E-state index is 0.408. The Morgan fingerprint density at radius 3 is 1.89 bits per heavy atom. The number of aromatic nitrogens is 1. The number of aromatic amines is 1. The highest BCUT2D eigenvalue weighted by molar-refractivity contribution is 6.11. The topological polar surface area (TPSA) is 19.0 Å². The lowest BCUT2D eigenvalue weighted by atomic mass is 9.75. The highest BCUT2D eigenvalue weighted by Gasteiger charge is 2.36. The van der Waals surface area contributed by atoms with E-state index in [0.717, 1.165) is 0 Å². The zero-order valence-corrected chi connectivity index (χ0v) is 25.4. The van der Waals surface area contributed by atoms with Gasteiger partial charge in [-0.1, -0.05) is 110 Å². The molecular weight excluding hydrogens is 544 g/mol. The van der Waals surface area contributed by atoms with E-state index in [0.29, 0.717) is 11.8 Å². The van der Waals surface area contributed by atoms with Gasteiger partial charge in [-0.05, 0) is 95.1 Å². The number of anilines is 3. The Bertz CT molecular complexity index is 2110. The first-order valence-corrected chi connectivity index (χ1v) is 16.5. The fourth-order valence-electron chi connectivity index (χ4n) is 8.28. The third-order valence-corrected chi connectivity index (χ3v) is 10.3. The monoisotopic (exact) mass is 580 g/mol. The van der Waals surface area contributed by atoms with Gasteiger partial charge in [-0.2, -0.15) is 0 Å². The number of rotatable bonds is 5. The smallest absolute Gasteiger partial charge is 0.0544 e. The average Bonchev–Trinajstić information content (AvgIpc) is 3.65. The van der Waals surface area contributed by atoms with E-state index < -0.39 is 0 Å². The zero-order valence-electron chi connectivity index (χ0n) is 25.4. The van der Waals surface area contributed by atoms with Crippen molar-refractivity contribution in [2.24, 2.45) is 5.92 Å². The van der Waals surface area contributed by atoms with Crippen LogP contribution in [0.4, 0.5) is 17.1 Å². The van der Waals surface area contributed by atoms with Crippen LogP contribution < -0.4 is 4.90 Å². The fourth-order valence-corrected chi connectivity index (χ4v) is 8.28. The number of nitrogens with zero attached hydrogens (tertiary/aromatic N) is 1. The average molecular weight is 581 g/mol. The van der Waals surface area contributed by atoms with E-state index >= 15 is 0 Å². The molecule has 7 aromatic rings. The molecule has 0 aliphatic heterocycles. The van der Waals surface area contributed by atoms with Crippen molar-refractivity contribution < 1.29 is 0 Å². The number of hydrogen-bond donors (Lipinski definition) is 1. The summed E-state index contributed by atoms with van der Waals surface area (Å²) in [6, 6.07) is 51.5. The van der Waals surface area contributed by atoms with Crippen LogP contribution in [0.25, 0.3) is 44.1 Å². The Kier molecular flexibility index (Phi) is 6.33. The summed E-state index contributed by atoms with van der Waals surface area (Å²) in [5, 5.41) is 2.58.